The van der Waals surface area contributed by atoms with Crippen molar-refractivity contribution in [3.63, 3.8) is 0 Å². The molecule has 2 N–H and O–H groups in total. The summed E-state index contributed by atoms with van der Waals surface area (Å²) in [4.78, 5) is 24.0. The number of hydrogen-bond donors (Lipinski definition) is 2. The van der Waals surface area contributed by atoms with Gasteiger partial charge in [0.05, 0.1) is 0 Å². The summed E-state index contributed by atoms with van der Waals surface area (Å²) in [5.41, 5.74) is 2.69. The second kappa shape index (κ2) is 7.09. The maximum absolute atomic E-state index is 14.1. The number of pyridine rings is 1. The highest BCUT2D eigenvalue weighted by molar-refractivity contribution is 5.73. The zero-order valence-electron chi connectivity index (χ0n) is 14.4. The fraction of sp³-hybridized carbons (Fsp3) is 0.368. The summed E-state index contributed by atoms with van der Waals surface area (Å²) in [6, 6.07) is 8.29. The summed E-state index contributed by atoms with van der Waals surface area (Å²) < 4.78 is 15.6. The molecule has 0 spiro atoms. The minimum atomic E-state index is -0.437. The molecule has 3 rings (SSSR count). The molecule has 1 aromatic carbocycles. The second-order valence-electron chi connectivity index (χ2n) is 6.53. The Kier molecular flexibility index (Phi) is 4.88. The van der Waals surface area contributed by atoms with E-state index in [0.717, 1.165) is 24.1 Å². The molecule has 0 unspecified atom stereocenters. The van der Waals surface area contributed by atoms with E-state index in [4.69, 9.17) is 0 Å². The number of aromatic nitrogens is 1. The van der Waals surface area contributed by atoms with Crippen molar-refractivity contribution in [1.82, 2.24) is 15.2 Å². The van der Waals surface area contributed by atoms with Crippen LogP contribution in [0.1, 0.15) is 41.1 Å². The lowest BCUT2D eigenvalue weighted by Crippen LogP contribution is -2.36. The van der Waals surface area contributed by atoms with Crippen LogP contribution in [0.2, 0.25) is 0 Å². The molecule has 0 bridgehead atoms. The van der Waals surface area contributed by atoms with Crippen LogP contribution in [0, 0.1) is 12.7 Å². The molecule has 5 nitrogen and oxygen atoms in total. The fourth-order valence-corrected chi connectivity index (χ4v) is 2.71. The number of aryl methyl sites for hydroxylation is 1. The molecule has 1 aliphatic carbocycles. The predicted octanol–water partition coefficient (Wildman–Crippen LogP) is 2.71. The molecule has 1 heterocycles. The van der Waals surface area contributed by atoms with Gasteiger partial charge in [-0.15, -0.1) is 0 Å². The molecule has 2 aromatic rings. The summed E-state index contributed by atoms with van der Waals surface area (Å²) in [6.07, 6.45) is 2.25. The highest BCUT2D eigenvalue weighted by Gasteiger charge is 2.24. The van der Waals surface area contributed by atoms with Gasteiger partial charge in [-0.2, -0.15) is 0 Å². The van der Waals surface area contributed by atoms with Gasteiger partial charge in [-0.25, -0.2) is 9.18 Å². The largest absolute Gasteiger partial charge is 0.334 e. The zero-order valence-corrected chi connectivity index (χ0v) is 14.4. The lowest BCUT2D eigenvalue weighted by Gasteiger charge is -2.10. The average molecular weight is 343 g/mol. The molecule has 0 radical (unpaired) electrons. The van der Waals surface area contributed by atoms with E-state index in [2.05, 4.69) is 10.6 Å². The first kappa shape index (κ1) is 17.2. The Bertz CT molecular complexity index is 856. The number of nitrogens with one attached hydrogen (secondary N) is 2. The molecular weight excluding hydrogens is 321 g/mol. The van der Waals surface area contributed by atoms with Crippen molar-refractivity contribution < 1.29 is 9.18 Å². The monoisotopic (exact) mass is 343 g/mol. The lowest BCUT2D eigenvalue weighted by atomic mass is 10.1. The number of nitrogens with zero attached hydrogens (tertiary/aromatic N) is 1. The van der Waals surface area contributed by atoms with Crippen LogP contribution in [0.25, 0.3) is 0 Å². The van der Waals surface area contributed by atoms with Gasteiger partial charge in [0.2, 0.25) is 0 Å². The van der Waals surface area contributed by atoms with Crippen molar-refractivity contribution in [3.05, 3.63) is 68.9 Å². The molecule has 1 aliphatic rings. The van der Waals surface area contributed by atoms with Gasteiger partial charge in [0, 0.05) is 37.0 Å². The highest BCUT2D eigenvalue weighted by atomic mass is 19.1. The van der Waals surface area contributed by atoms with Gasteiger partial charge in [0.1, 0.15) is 5.82 Å². The number of benzene rings is 1. The van der Waals surface area contributed by atoms with E-state index in [9.17, 15) is 14.0 Å². The Morgan fingerprint density at radius 3 is 2.44 bits per heavy atom. The SMILES string of the molecule is Cc1ccc(CNC(=O)NCc2ccc(C3CC3)cc2F)c(=O)n1C. The Morgan fingerprint density at radius 2 is 1.80 bits per heavy atom. The molecule has 2 amide bonds. The first-order chi connectivity index (χ1) is 12.0. The molecule has 0 atom stereocenters. The quantitative estimate of drug-likeness (QED) is 0.877. The van der Waals surface area contributed by atoms with Gasteiger partial charge in [0.25, 0.3) is 5.56 Å². The normalized spacial score (nSPS) is 13.6. The topological polar surface area (TPSA) is 63.1 Å². The van der Waals surface area contributed by atoms with Gasteiger partial charge in [-0.05, 0) is 43.4 Å². The molecule has 0 aliphatic heterocycles. The number of rotatable bonds is 5. The van der Waals surface area contributed by atoms with Crippen LogP contribution < -0.4 is 16.2 Å². The second-order valence-corrected chi connectivity index (χ2v) is 6.53. The highest BCUT2D eigenvalue weighted by Crippen LogP contribution is 2.40. The van der Waals surface area contributed by atoms with Gasteiger partial charge in [-0.1, -0.05) is 18.2 Å². The Morgan fingerprint density at radius 1 is 1.16 bits per heavy atom. The van der Waals surface area contributed by atoms with Crippen LogP contribution in [-0.2, 0) is 20.1 Å². The number of carbonyl (C=O) groups is 1. The van der Waals surface area contributed by atoms with Crippen LogP contribution in [0.3, 0.4) is 0 Å². The van der Waals surface area contributed by atoms with Crippen LogP contribution in [0.15, 0.2) is 35.1 Å². The smallest absolute Gasteiger partial charge is 0.315 e. The van der Waals surface area contributed by atoms with Crippen LogP contribution in [-0.4, -0.2) is 10.6 Å². The van der Waals surface area contributed by atoms with Gasteiger partial charge < -0.3 is 15.2 Å². The van der Waals surface area contributed by atoms with Crippen molar-refractivity contribution in [2.24, 2.45) is 7.05 Å². The predicted molar refractivity (Wildman–Crippen MR) is 93.9 cm³/mol. The van der Waals surface area contributed by atoms with E-state index in [1.165, 1.54) is 4.57 Å². The number of amides is 2. The molecular formula is C19H22FN3O2. The number of halogens is 1. The average Bonchev–Trinajstić information content (AvgIpc) is 3.43. The van der Waals surface area contributed by atoms with E-state index in [-0.39, 0.29) is 24.5 Å². The van der Waals surface area contributed by atoms with Crippen molar-refractivity contribution in [2.75, 3.05) is 0 Å². The van der Waals surface area contributed by atoms with Crippen LogP contribution in [0.5, 0.6) is 0 Å². The fourth-order valence-electron chi connectivity index (χ4n) is 2.71. The molecule has 1 aromatic heterocycles. The summed E-state index contributed by atoms with van der Waals surface area (Å²) in [5.74, 6) is 0.203. The van der Waals surface area contributed by atoms with E-state index in [1.807, 2.05) is 19.1 Å². The molecule has 0 saturated heterocycles. The summed E-state index contributed by atoms with van der Waals surface area (Å²) in [6.45, 7) is 2.07. The minimum Gasteiger partial charge on any atom is -0.334 e. The first-order valence-corrected chi connectivity index (χ1v) is 8.41. The van der Waals surface area contributed by atoms with Crippen molar-refractivity contribution >= 4 is 6.03 Å². The molecule has 25 heavy (non-hydrogen) atoms. The summed E-state index contributed by atoms with van der Waals surface area (Å²) >= 11 is 0. The van der Waals surface area contributed by atoms with Crippen LogP contribution >= 0.6 is 0 Å². The van der Waals surface area contributed by atoms with Gasteiger partial charge >= 0.3 is 6.03 Å². The van der Waals surface area contributed by atoms with Crippen molar-refractivity contribution in [3.8, 4) is 0 Å². The van der Waals surface area contributed by atoms with Crippen molar-refractivity contribution in [2.45, 2.75) is 38.8 Å². The zero-order chi connectivity index (χ0) is 18.0. The van der Waals surface area contributed by atoms with Gasteiger partial charge in [-0.3, -0.25) is 4.79 Å². The first-order valence-electron chi connectivity index (χ1n) is 8.41. The third-order valence-electron chi connectivity index (χ3n) is 4.64. The Labute approximate surface area is 145 Å². The van der Waals surface area contributed by atoms with Gasteiger partial charge in [0.15, 0.2) is 0 Å². The minimum absolute atomic E-state index is 0.106. The van der Waals surface area contributed by atoms with E-state index in [0.29, 0.717) is 17.0 Å². The Balaban J connectivity index is 1.53. The number of hydrogen-bond acceptors (Lipinski definition) is 2. The molecule has 1 fully saturated rings. The number of carbonyl (C=O) groups excluding carboxylic acids is 1. The third-order valence-corrected chi connectivity index (χ3v) is 4.64. The van der Waals surface area contributed by atoms with E-state index in [1.54, 1.807) is 25.2 Å². The molecule has 1 saturated carbocycles. The van der Waals surface area contributed by atoms with E-state index < -0.39 is 6.03 Å². The standard InChI is InChI=1S/C19H22FN3O2/c1-12-3-4-16(18(24)23(12)2)11-22-19(25)21-10-15-8-7-14(9-17(15)20)13-5-6-13/h3-4,7-9,13H,5-6,10-11H2,1-2H3,(H2,21,22,25). The Hall–Kier alpha value is -2.63. The van der Waals surface area contributed by atoms with E-state index >= 15 is 0 Å². The van der Waals surface area contributed by atoms with Crippen LogP contribution in [0.4, 0.5) is 9.18 Å². The number of urea groups is 1. The summed E-state index contributed by atoms with van der Waals surface area (Å²) in [5, 5.41) is 5.25. The van der Waals surface area contributed by atoms with Crippen molar-refractivity contribution in [1.29, 1.82) is 0 Å². The molecule has 132 valence electrons. The third kappa shape index (κ3) is 4.07. The lowest BCUT2D eigenvalue weighted by molar-refractivity contribution is 0.240. The summed E-state index contributed by atoms with van der Waals surface area (Å²) in [7, 11) is 1.69. The molecule has 6 heteroatoms. The maximum atomic E-state index is 14.1. The maximum Gasteiger partial charge on any atom is 0.315 e.